The molecule has 0 aliphatic heterocycles. The summed E-state index contributed by atoms with van der Waals surface area (Å²) in [5.74, 6) is 0. The van der Waals surface area contributed by atoms with Crippen molar-refractivity contribution in [3.63, 3.8) is 0 Å². The van der Waals surface area contributed by atoms with Crippen molar-refractivity contribution < 1.29 is 4.79 Å². The number of hydrogen-bond acceptors (Lipinski definition) is 3. The first-order valence-corrected chi connectivity index (χ1v) is 5.87. The van der Waals surface area contributed by atoms with Gasteiger partial charge in [-0.3, -0.25) is 14.8 Å². The molecule has 0 atom stereocenters. The molecule has 20 heavy (non-hydrogen) atoms. The minimum Gasteiger partial charge on any atom is -0.298 e. The first-order valence-electron chi connectivity index (χ1n) is 5.08. The quantitative estimate of drug-likeness (QED) is 0.578. The van der Waals surface area contributed by atoms with Gasteiger partial charge in [0.1, 0.15) is 0 Å². The minimum atomic E-state index is 0. The Kier molecular flexibility index (Phi) is 14.8. The molecular formula is C15H21BBrN2O. The number of carbonyl (C=O) groups is 1. The predicted molar refractivity (Wildman–Crippen MR) is 90.3 cm³/mol. The van der Waals surface area contributed by atoms with Gasteiger partial charge in [-0.1, -0.05) is 14.9 Å². The number of carbonyl (C=O) groups excluding carboxylic acids is 1. The van der Waals surface area contributed by atoms with E-state index in [4.69, 9.17) is 0 Å². The number of hydrogen-bond donors (Lipinski definition) is 0. The van der Waals surface area contributed by atoms with Crippen molar-refractivity contribution in [2.75, 3.05) is 0 Å². The van der Waals surface area contributed by atoms with Crippen LogP contribution in [0.4, 0.5) is 0 Å². The highest BCUT2D eigenvalue weighted by Gasteiger charge is 1.86. The van der Waals surface area contributed by atoms with Crippen LogP contribution in [0.25, 0.3) is 0 Å². The fourth-order valence-corrected chi connectivity index (χ4v) is 1.23. The summed E-state index contributed by atoms with van der Waals surface area (Å²) in [7, 11) is 0. The van der Waals surface area contributed by atoms with Gasteiger partial charge in [-0.15, -0.1) is 0 Å². The first-order chi connectivity index (χ1) is 8.11. The molecule has 0 bridgehead atoms. The molecule has 2 heterocycles. The maximum absolute atomic E-state index is 10.1. The van der Waals surface area contributed by atoms with Gasteiger partial charge in [-0.2, -0.15) is 0 Å². The SMILES string of the molecule is C.C.Cc1ccc(Br)cn1.Cc1ccc(C=O)cn1.[B]. The minimum absolute atomic E-state index is 0. The molecule has 3 radical (unpaired) electrons. The maximum Gasteiger partial charge on any atom is 0.151 e. The summed E-state index contributed by atoms with van der Waals surface area (Å²) in [6, 6.07) is 7.49. The molecule has 0 aliphatic carbocycles. The lowest BCUT2D eigenvalue weighted by atomic mass is 10.3. The molecule has 5 heteroatoms. The largest absolute Gasteiger partial charge is 0.298 e. The van der Waals surface area contributed by atoms with Crippen LogP contribution in [0.2, 0.25) is 0 Å². The summed E-state index contributed by atoms with van der Waals surface area (Å²) in [5, 5.41) is 0. The third kappa shape index (κ3) is 9.45. The lowest BCUT2D eigenvalue weighted by Crippen LogP contribution is -1.82. The van der Waals surface area contributed by atoms with Crippen LogP contribution >= 0.6 is 15.9 Å². The lowest BCUT2D eigenvalue weighted by Gasteiger charge is -1.88. The Labute approximate surface area is 132 Å². The number of aldehydes is 1. The third-order valence-electron chi connectivity index (χ3n) is 1.95. The molecule has 3 nitrogen and oxygen atoms in total. The number of nitrogens with zero attached hydrogens (tertiary/aromatic N) is 2. The van der Waals surface area contributed by atoms with Crippen molar-refractivity contribution in [2.45, 2.75) is 28.7 Å². The highest BCUT2D eigenvalue weighted by Crippen LogP contribution is 2.05. The Bertz CT molecular complexity index is 451. The van der Waals surface area contributed by atoms with Crippen molar-refractivity contribution in [3.8, 4) is 0 Å². The molecule has 0 spiro atoms. The number of aromatic nitrogens is 2. The summed E-state index contributed by atoms with van der Waals surface area (Å²) in [4.78, 5) is 18.0. The smallest absolute Gasteiger partial charge is 0.151 e. The summed E-state index contributed by atoms with van der Waals surface area (Å²) in [5.41, 5.74) is 2.61. The van der Waals surface area contributed by atoms with Crippen LogP contribution < -0.4 is 0 Å². The second kappa shape index (κ2) is 12.5. The van der Waals surface area contributed by atoms with Crippen LogP contribution in [0.1, 0.15) is 36.6 Å². The molecule has 0 saturated heterocycles. The zero-order valence-corrected chi connectivity index (χ0v) is 11.9. The van der Waals surface area contributed by atoms with E-state index >= 15 is 0 Å². The number of rotatable bonds is 1. The van der Waals surface area contributed by atoms with Gasteiger partial charge in [0.2, 0.25) is 0 Å². The van der Waals surface area contributed by atoms with E-state index in [2.05, 4.69) is 25.9 Å². The summed E-state index contributed by atoms with van der Waals surface area (Å²) in [6.45, 7) is 3.85. The average molecular weight is 336 g/mol. The van der Waals surface area contributed by atoms with Gasteiger partial charge in [0.15, 0.2) is 6.29 Å². The number of aryl methyl sites for hydroxylation is 2. The maximum atomic E-state index is 10.1. The zero-order valence-electron chi connectivity index (χ0n) is 10.3. The molecule has 0 unspecified atom stereocenters. The highest BCUT2D eigenvalue weighted by atomic mass is 79.9. The van der Waals surface area contributed by atoms with Crippen LogP contribution in [-0.2, 0) is 0 Å². The molecule has 2 rings (SSSR count). The second-order valence-corrected chi connectivity index (χ2v) is 4.38. The Morgan fingerprint density at radius 2 is 1.45 bits per heavy atom. The van der Waals surface area contributed by atoms with E-state index in [-0.39, 0.29) is 23.3 Å². The standard InChI is InChI=1S/C7H7NO.C6H6BrN.2CH4.B/c1-6-2-3-7(5-9)4-8-6;1-5-2-3-6(7)4-8-5;;;/h2-5H,1H3;2-4H,1H3;2*1H4;. The summed E-state index contributed by atoms with van der Waals surface area (Å²) >= 11 is 3.28. The van der Waals surface area contributed by atoms with Crippen LogP contribution in [0.5, 0.6) is 0 Å². The Balaban J connectivity index is -0.000000252. The van der Waals surface area contributed by atoms with Gasteiger partial charge >= 0.3 is 0 Å². The monoisotopic (exact) mass is 335 g/mol. The Hall–Kier alpha value is -1.49. The zero-order chi connectivity index (χ0) is 12.7. The van der Waals surface area contributed by atoms with Crippen molar-refractivity contribution in [2.24, 2.45) is 0 Å². The van der Waals surface area contributed by atoms with E-state index in [1.54, 1.807) is 18.5 Å². The number of halogens is 1. The molecule has 2 aromatic heterocycles. The third-order valence-corrected chi connectivity index (χ3v) is 2.41. The van der Waals surface area contributed by atoms with Crippen LogP contribution in [-0.4, -0.2) is 24.7 Å². The highest BCUT2D eigenvalue weighted by molar-refractivity contribution is 9.10. The first kappa shape index (κ1) is 23.6. The summed E-state index contributed by atoms with van der Waals surface area (Å²) in [6.07, 6.45) is 4.13. The lowest BCUT2D eigenvalue weighted by molar-refractivity contribution is 0.112. The van der Waals surface area contributed by atoms with E-state index in [1.807, 2.05) is 32.0 Å². The molecular weight excluding hydrogens is 315 g/mol. The molecule has 0 amide bonds. The van der Waals surface area contributed by atoms with Gasteiger partial charge in [-0.25, -0.2) is 0 Å². The average Bonchev–Trinajstić information content (AvgIpc) is 2.35. The molecule has 2 aromatic rings. The second-order valence-electron chi connectivity index (χ2n) is 3.47. The molecule has 0 aliphatic rings. The molecule has 0 aromatic carbocycles. The molecule has 0 fully saturated rings. The van der Waals surface area contributed by atoms with Gasteiger partial charge in [-0.05, 0) is 54.0 Å². The van der Waals surface area contributed by atoms with Crippen LogP contribution in [0.15, 0.2) is 41.1 Å². The molecule has 0 saturated carbocycles. The van der Waals surface area contributed by atoms with E-state index < -0.39 is 0 Å². The predicted octanol–water partition coefficient (Wildman–Crippen LogP) is 4.25. The van der Waals surface area contributed by atoms with Crippen molar-refractivity contribution in [1.82, 2.24) is 9.97 Å². The van der Waals surface area contributed by atoms with Gasteiger partial charge in [0.25, 0.3) is 0 Å². The normalized spacial score (nSPS) is 7.75. The van der Waals surface area contributed by atoms with Crippen molar-refractivity contribution >= 4 is 30.6 Å². The Morgan fingerprint density at radius 1 is 0.950 bits per heavy atom. The van der Waals surface area contributed by atoms with E-state index in [9.17, 15) is 4.79 Å². The fourth-order valence-electron chi connectivity index (χ4n) is 0.999. The van der Waals surface area contributed by atoms with E-state index in [0.717, 1.165) is 22.1 Å². The van der Waals surface area contributed by atoms with E-state index in [1.165, 1.54) is 0 Å². The van der Waals surface area contributed by atoms with Gasteiger partial charge in [0.05, 0.1) is 0 Å². The summed E-state index contributed by atoms with van der Waals surface area (Å²) < 4.78 is 1.03. The number of pyridine rings is 2. The van der Waals surface area contributed by atoms with Crippen LogP contribution in [0.3, 0.4) is 0 Å². The Morgan fingerprint density at radius 3 is 1.75 bits per heavy atom. The van der Waals surface area contributed by atoms with Crippen LogP contribution in [0, 0.1) is 13.8 Å². The van der Waals surface area contributed by atoms with Gasteiger partial charge < -0.3 is 0 Å². The fraction of sp³-hybridized carbons (Fsp3) is 0.267. The topological polar surface area (TPSA) is 42.9 Å². The van der Waals surface area contributed by atoms with Gasteiger partial charge in [0, 0.05) is 42.2 Å². The van der Waals surface area contributed by atoms with Crippen molar-refractivity contribution in [1.29, 1.82) is 0 Å². The van der Waals surface area contributed by atoms with Crippen molar-refractivity contribution in [3.05, 3.63) is 58.1 Å². The van der Waals surface area contributed by atoms with E-state index in [0.29, 0.717) is 5.56 Å². The molecule has 0 N–H and O–H groups in total. The molecule has 107 valence electrons.